The molecule has 6 nitrogen and oxygen atoms in total. The van der Waals surface area contributed by atoms with Gasteiger partial charge in [-0.3, -0.25) is 4.99 Å². The minimum atomic E-state index is -3.30. The van der Waals surface area contributed by atoms with Gasteiger partial charge in [-0.1, -0.05) is 18.2 Å². The normalized spacial score (nSPS) is 14.6. The third-order valence-electron chi connectivity index (χ3n) is 4.04. The summed E-state index contributed by atoms with van der Waals surface area (Å²) in [6.45, 7) is 5.18. The van der Waals surface area contributed by atoms with E-state index in [1.165, 1.54) is 12.8 Å². The molecule has 0 atom stereocenters. The topological polar surface area (TPSA) is 71.0 Å². The number of halogens is 1. The second-order valence-electron chi connectivity index (χ2n) is 6.31. The van der Waals surface area contributed by atoms with E-state index < -0.39 is 9.84 Å². The molecule has 0 radical (unpaired) electrons. The number of ether oxygens (including phenoxy) is 1. The van der Waals surface area contributed by atoms with Gasteiger partial charge >= 0.3 is 0 Å². The van der Waals surface area contributed by atoms with Crippen molar-refractivity contribution >= 4 is 39.8 Å². The maximum atomic E-state index is 12.3. The van der Waals surface area contributed by atoms with Gasteiger partial charge in [0.1, 0.15) is 0 Å². The van der Waals surface area contributed by atoms with Crippen LogP contribution in [-0.4, -0.2) is 64.9 Å². The highest BCUT2D eigenvalue weighted by molar-refractivity contribution is 14.0. The molecule has 2 rings (SSSR count). The Bertz CT molecular complexity index is 649. The van der Waals surface area contributed by atoms with Gasteiger partial charge in [0.2, 0.25) is 0 Å². The van der Waals surface area contributed by atoms with Crippen LogP contribution in [0.5, 0.6) is 0 Å². The van der Waals surface area contributed by atoms with Gasteiger partial charge < -0.3 is 15.0 Å². The molecule has 1 aromatic rings. The molecular weight excluding hydrogens is 465 g/mol. The highest BCUT2D eigenvalue weighted by Crippen LogP contribution is 2.28. The number of hydrogen-bond acceptors (Lipinski definition) is 4. The van der Waals surface area contributed by atoms with Gasteiger partial charge in [0.25, 0.3) is 0 Å². The van der Waals surface area contributed by atoms with E-state index in [4.69, 9.17) is 4.74 Å². The van der Waals surface area contributed by atoms with Crippen molar-refractivity contribution in [2.45, 2.75) is 24.7 Å². The highest BCUT2D eigenvalue weighted by Gasteiger charge is 2.21. The average Bonchev–Trinajstić information content (AvgIpc) is 3.43. The van der Waals surface area contributed by atoms with E-state index in [0.717, 1.165) is 25.6 Å². The Kier molecular flexibility index (Phi) is 10.5. The molecular formula is C18H30IN3O3S. The Morgan fingerprint density at radius 2 is 2.00 bits per heavy atom. The largest absolute Gasteiger partial charge is 0.379 e. The van der Waals surface area contributed by atoms with Gasteiger partial charge in [-0.05, 0) is 37.8 Å². The van der Waals surface area contributed by atoms with Crippen LogP contribution in [0.25, 0.3) is 0 Å². The van der Waals surface area contributed by atoms with Gasteiger partial charge in [0, 0.05) is 26.7 Å². The summed E-state index contributed by atoms with van der Waals surface area (Å²) in [7, 11) is -1.36. The molecule has 8 heteroatoms. The Balaban J connectivity index is 0.00000338. The van der Waals surface area contributed by atoms with E-state index in [0.29, 0.717) is 17.5 Å². The fraction of sp³-hybridized carbons (Fsp3) is 0.611. The van der Waals surface area contributed by atoms with Crippen LogP contribution in [0.2, 0.25) is 0 Å². The van der Waals surface area contributed by atoms with E-state index in [1.807, 2.05) is 18.9 Å². The first kappa shape index (κ1) is 23.2. The van der Waals surface area contributed by atoms with Crippen molar-refractivity contribution in [2.24, 2.45) is 10.9 Å². The molecule has 148 valence electrons. The summed E-state index contributed by atoms with van der Waals surface area (Å²) in [5.74, 6) is 1.47. The quantitative estimate of drug-likeness (QED) is 0.234. The highest BCUT2D eigenvalue weighted by atomic mass is 127. The Morgan fingerprint density at radius 3 is 2.62 bits per heavy atom. The van der Waals surface area contributed by atoms with Crippen LogP contribution in [0, 0.1) is 5.92 Å². The van der Waals surface area contributed by atoms with Crippen molar-refractivity contribution < 1.29 is 13.2 Å². The molecule has 0 aromatic heterocycles. The zero-order valence-electron chi connectivity index (χ0n) is 15.6. The molecule has 0 spiro atoms. The number of likely N-dealkylation sites (N-methyl/N-ethyl adjacent to an activating group) is 1. The fourth-order valence-electron chi connectivity index (χ4n) is 2.33. The number of sulfone groups is 1. The number of nitrogens with one attached hydrogen (secondary N) is 1. The van der Waals surface area contributed by atoms with Crippen LogP contribution in [0.4, 0.5) is 0 Å². The third-order valence-corrected chi connectivity index (χ3v) is 5.75. The van der Waals surface area contributed by atoms with Gasteiger partial charge in [-0.2, -0.15) is 0 Å². The number of nitrogens with zero attached hydrogens (tertiary/aromatic N) is 2. The Hall–Kier alpha value is -0.870. The lowest BCUT2D eigenvalue weighted by atomic mass is 10.4. The summed E-state index contributed by atoms with van der Waals surface area (Å²) >= 11 is 0. The van der Waals surface area contributed by atoms with Crippen LogP contribution in [0.3, 0.4) is 0 Å². The van der Waals surface area contributed by atoms with Crippen LogP contribution >= 0.6 is 24.0 Å². The first-order chi connectivity index (χ1) is 12.0. The summed E-state index contributed by atoms with van der Waals surface area (Å²) in [6.07, 6.45) is 2.58. The van der Waals surface area contributed by atoms with E-state index in [9.17, 15) is 8.42 Å². The molecule has 0 aliphatic heterocycles. The van der Waals surface area contributed by atoms with E-state index in [1.54, 1.807) is 30.3 Å². The zero-order chi connectivity index (χ0) is 18.1. The van der Waals surface area contributed by atoms with Crippen LogP contribution in [0.15, 0.2) is 40.2 Å². The van der Waals surface area contributed by atoms with Crippen LogP contribution in [0.1, 0.15) is 19.8 Å². The van der Waals surface area contributed by atoms with Gasteiger partial charge in [-0.15, -0.1) is 24.0 Å². The lowest BCUT2D eigenvalue weighted by Gasteiger charge is -2.22. The summed E-state index contributed by atoms with van der Waals surface area (Å²) in [5.41, 5.74) is 0. The van der Waals surface area contributed by atoms with Crippen molar-refractivity contribution in [3.05, 3.63) is 30.3 Å². The number of benzene rings is 1. The Labute approximate surface area is 174 Å². The molecule has 0 bridgehead atoms. The second kappa shape index (κ2) is 11.8. The summed E-state index contributed by atoms with van der Waals surface area (Å²) in [5, 5.41) is 3.20. The van der Waals surface area contributed by atoms with Crippen molar-refractivity contribution in [1.29, 1.82) is 0 Å². The minimum absolute atomic E-state index is 0. The second-order valence-corrected chi connectivity index (χ2v) is 8.42. The third kappa shape index (κ3) is 8.22. The zero-order valence-corrected chi connectivity index (χ0v) is 18.7. The number of guanidine groups is 1. The molecule has 26 heavy (non-hydrogen) atoms. The predicted octanol–water partition coefficient (Wildman–Crippen LogP) is 2.40. The van der Waals surface area contributed by atoms with E-state index in [2.05, 4.69) is 10.3 Å². The number of hydrogen-bond donors (Lipinski definition) is 1. The van der Waals surface area contributed by atoms with Crippen molar-refractivity contribution in [1.82, 2.24) is 10.2 Å². The molecule has 0 saturated heterocycles. The van der Waals surface area contributed by atoms with Gasteiger partial charge in [-0.25, -0.2) is 8.42 Å². The number of rotatable bonds is 10. The molecule has 0 heterocycles. The predicted molar refractivity (Wildman–Crippen MR) is 116 cm³/mol. The summed E-state index contributed by atoms with van der Waals surface area (Å²) in [4.78, 5) is 6.77. The van der Waals surface area contributed by atoms with Crippen LogP contribution < -0.4 is 5.32 Å². The van der Waals surface area contributed by atoms with Gasteiger partial charge in [0.15, 0.2) is 15.8 Å². The smallest absolute Gasteiger partial charge is 0.193 e. The maximum Gasteiger partial charge on any atom is 0.193 e. The van der Waals surface area contributed by atoms with Gasteiger partial charge in [0.05, 0.1) is 23.8 Å². The molecule has 1 saturated carbocycles. The van der Waals surface area contributed by atoms with E-state index >= 15 is 0 Å². The van der Waals surface area contributed by atoms with Crippen LogP contribution in [-0.2, 0) is 14.6 Å². The monoisotopic (exact) mass is 495 g/mol. The Morgan fingerprint density at radius 1 is 1.31 bits per heavy atom. The van der Waals surface area contributed by atoms with Crippen molar-refractivity contribution in [2.75, 3.05) is 45.6 Å². The fourth-order valence-corrected chi connectivity index (χ4v) is 3.47. The molecule has 1 N–H and O–H groups in total. The lowest BCUT2D eigenvalue weighted by molar-refractivity contribution is 0.115. The SMILES string of the molecule is CCNC(=NCCS(=O)(=O)c1ccccc1)N(C)CCOCC1CC1.I. The maximum absolute atomic E-state index is 12.3. The number of aliphatic imine (C=N–C) groups is 1. The van der Waals surface area contributed by atoms with Crippen molar-refractivity contribution in [3.8, 4) is 0 Å². The van der Waals surface area contributed by atoms with E-state index in [-0.39, 0.29) is 36.3 Å². The molecule has 1 fully saturated rings. The first-order valence-electron chi connectivity index (χ1n) is 8.88. The van der Waals surface area contributed by atoms with Crippen molar-refractivity contribution in [3.63, 3.8) is 0 Å². The molecule has 0 unspecified atom stereocenters. The molecule has 1 aromatic carbocycles. The lowest BCUT2D eigenvalue weighted by Crippen LogP contribution is -2.41. The first-order valence-corrected chi connectivity index (χ1v) is 10.5. The average molecular weight is 495 g/mol. The minimum Gasteiger partial charge on any atom is -0.379 e. The molecule has 0 amide bonds. The summed E-state index contributed by atoms with van der Waals surface area (Å²) in [6, 6.07) is 8.51. The summed E-state index contributed by atoms with van der Waals surface area (Å²) < 4.78 is 30.3. The molecule has 1 aliphatic rings. The standard InChI is InChI=1S/C18H29N3O3S.HI/c1-3-19-18(21(2)12-13-24-15-16-9-10-16)20-11-14-25(22,23)17-7-5-4-6-8-17;/h4-8,16H,3,9-15H2,1-2H3,(H,19,20);1H. The molecule has 1 aliphatic carbocycles.